The van der Waals surface area contributed by atoms with Crippen LogP contribution < -0.4 is 0 Å². The Morgan fingerprint density at radius 1 is 1.00 bits per heavy atom. The van der Waals surface area contributed by atoms with Gasteiger partial charge in [-0.3, -0.25) is 4.98 Å². The molecule has 0 fully saturated rings. The van der Waals surface area contributed by atoms with Crippen molar-refractivity contribution >= 4 is 11.6 Å². The summed E-state index contributed by atoms with van der Waals surface area (Å²) in [6.45, 7) is 1.86. The smallest absolute Gasteiger partial charge is 0.250 e. The highest BCUT2D eigenvalue weighted by atomic mass is 35.5. The maximum Gasteiger partial charge on any atom is 0.434 e. The fourth-order valence-electron chi connectivity index (χ4n) is 0.968. The number of halogens is 4. The summed E-state index contributed by atoms with van der Waals surface area (Å²) < 4.78 is 35.7. The van der Waals surface area contributed by atoms with E-state index in [-0.39, 0.29) is 5.02 Å². The van der Waals surface area contributed by atoms with Crippen molar-refractivity contribution in [2.24, 2.45) is 0 Å². The summed E-state index contributed by atoms with van der Waals surface area (Å²) in [6, 6.07) is 4.29. The summed E-state index contributed by atoms with van der Waals surface area (Å²) in [5.74, 6) is 0.822. The molecule has 0 radical (unpaired) electrons. The molecule has 0 spiro atoms. The molecule has 2 aromatic heterocycles. The van der Waals surface area contributed by atoms with E-state index in [0.29, 0.717) is 0 Å². The summed E-state index contributed by atoms with van der Waals surface area (Å²) in [4.78, 5) is 10.8. The van der Waals surface area contributed by atoms with Crippen molar-refractivity contribution in [3.63, 3.8) is 0 Å². The fourth-order valence-corrected chi connectivity index (χ4v) is 1.20. The lowest BCUT2D eigenvalue weighted by molar-refractivity contribution is -0.141. The van der Waals surface area contributed by atoms with Crippen molar-refractivity contribution in [1.82, 2.24) is 15.0 Å². The van der Waals surface area contributed by atoms with Crippen molar-refractivity contribution < 1.29 is 13.2 Å². The average molecular weight is 276 g/mol. The molecule has 7 heteroatoms. The second-order valence-corrected chi connectivity index (χ2v) is 3.53. The summed E-state index contributed by atoms with van der Waals surface area (Å²) >= 11 is 5.23. The van der Waals surface area contributed by atoms with Gasteiger partial charge >= 0.3 is 6.18 Å². The zero-order valence-corrected chi connectivity index (χ0v) is 10.1. The van der Waals surface area contributed by atoms with Gasteiger partial charge in [-0.2, -0.15) is 13.2 Å². The third kappa shape index (κ3) is 4.67. The Hall–Kier alpha value is -1.69. The first-order chi connectivity index (χ1) is 8.41. The van der Waals surface area contributed by atoms with Crippen LogP contribution in [0.2, 0.25) is 5.02 Å². The Morgan fingerprint density at radius 3 is 1.89 bits per heavy atom. The molecule has 0 amide bonds. The van der Waals surface area contributed by atoms with Crippen LogP contribution >= 0.6 is 11.6 Å². The van der Waals surface area contributed by atoms with Gasteiger partial charge in [0.15, 0.2) is 5.69 Å². The predicted molar refractivity (Wildman–Crippen MR) is 61.0 cm³/mol. The number of hydrogen-bond acceptors (Lipinski definition) is 3. The quantitative estimate of drug-likeness (QED) is 0.738. The van der Waals surface area contributed by atoms with Crippen LogP contribution in [0, 0.1) is 6.92 Å². The Labute approximate surface area is 107 Å². The highest BCUT2D eigenvalue weighted by Crippen LogP contribution is 2.32. The molecule has 0 N–H and O–H groups in total. The van der Waals surface area contributed by atoms with Crippen LogP contribution in [0.25, 0.3) is 0 Å². The second-order valence-electron chi connectivity index (χ2n) is 3.13. The SMILES string of the molecule is Cc1ncccn1.FC(F)(F)c1ncccc1Cl. The Balaban J connectivity index is 0.000000199. The Bertz CT molecular complexity index is 488. The molecule has 0 bridgehead atoms. The van der Waals surface area contributed by atoms with Gasteiger partial charge in [0.25, 0.3) is 0 Å². The van der Waals surface area contributed by atoms with Gasteiger partial charge < -0.3 is 0 Å². The first kappa shape index (κ1) is 14.4. The molecule has 0 saturated carbocycles. The van der Waals surface area contributed by atoms with Crippen LogP contribution in [0.1, 0.15) is 11.5 Å². The van der Waals surface area contributed by atoms with Crippen molar-refractivity contribution in [3.05, 3.63) is 53.3 Å². The minimum Gasteiger partial charge on any atom is -0.250 e. The molecule has 96 valence electrons. The highest BCUT2D eigenvalue weighted by molar-refractivity contribution is 6.31. The third-order valence-electron chi connectivity index (χ3n) is 1.72. The van der Waals surface area contributed by atoms with Gasteiger partial charge in [-0.15, -0.1) is 0 Å². The van der Waals surface area contributed by atoms with Crippen LogP contribution in [-0.4, -0.2) is 15.0 Å². The van der Waals surface area contributed by atoms with Crippen LogP contribution in [-0.2, 0) is 6.18 Å². The predicted octanol–water partition coefficient (Wildman–Crippen LogP) is 3.54. The van der Waals surface area contributed by atoms with Crippen LogP contribution in [0.5, 0.6) is 0 Å². The highest BCUT2D eigenvalue weighted by Gasteiger charge is 2.34. The zero-order chi connectivity index (χ0) is 13.6. The number of rotatable bonds is 0. The molecule has 2 rings (SSSR count). The molecule has 0 aromatic carbocycles. The van der Waals surface area contributed by atoms with E-state index in [1.165, 1.54) is 6.07 Å². The van der Waals surface area contributed by atoms with Crippen LogP contribution in [0.3, 0.4) is 0 Å². The summed E-state index contributed by atoms with van der Waals surface area (Å²) in [7, 11) is 0. The monoisotopic (exact) mass is 275 g/mol. The van der Waals surface area contributed by atoms with Crippen LogP contribution in [0.4, 0.5) is 13.2 Å². The Kier molecular flexibility index (Phi) is 5.03. The zero-order valence-electron chi connectivity index (χ0n) is 9.32. The van der Waals surface area contributed by atoms with Crippen LogP contribution in [0.15, 0.2) is 36.8 Å². The van der Waals surface area contributed by atoms with Crippen molar-refractivity contribution in [2.75, 3.05) is 0 Å². The van der Waals surface area contributed by atoms with Crippen molar-refractivity contribution in [3.8, 4) is 0 Å². The summed E-state index contributed by atoms with van der Waals surface area (Å²) in [6.07, 6.45) is 0.0394. The molecule has 0 atom stereocenters. The van der Waals surface area contributed by atoms with E-state index in [9.17, 15) is 13.2 Å². The molecule has 18 heavy (non-hydrogen) atoms. The molecule has 0 aliphatic rings. The van der Waals surface area contributed by atoms with E-state index in [2.05, 4.69) is 15.0 Å². The summed E-state index contributed by atoms with van der Waals surface area (Å²) in [5.41, 5.74) is -1.04. The number of aromatic nitrogens is 3. The molecule has 0 unspecified atom stereocenters. The molecule has 3 nitrogen and oxygen atoms in total. The fraction of sp³-hybridized carbons (Fsp3) is 0.182. The summed E-state index contributed by atoms with van der Waals surface area (Å²) in [5, 5.41) is -0.375. The third-order valence-corrected chi connectivity index (χ3v) is 2.03. The minimum absolute atomic E-state index is 0.375. The number of hydrogen-bond donors (Lipinski definition) is 0. The largest absolute Gasteiger partial charge is 0.434 e. The average Bonchev–Trinajstić information content (AvgIpc) is 2.30. The van der Waals surface area contributed by atoms with Gasteiger partial charge in [0, 0.05) is 18.6 Å². The topological polar surface area (TPSA) is 38.7 Å². The number of alkyl halides is 3. The lowest BCUT2D eigenvalue weighted by Crippen LogP contribution is -2.07. The van der Waals surface area contributed by atoms with Crippen molar-refractivity contribution in [1.29, 1.82) is 0 Å². The van der Waals surface area contributed by atoms with E-state index in [1.54, 1.807) is 18.5 Å². The second kappa shape index (κ2) is 6.30. The van der Waals surface area contributed by atoms with E-state index in [0.717, 1.165) is 18.1 Å². The molecular weight excluding hydrogens is 267 g/mol. The normalized spacial score (nSPS) is 10.5. The molecule has 0 aliphatic carbocycles. The molecular formula is C11H9ClF3N3. The minimum atomic E-state index is -4.46. The standard InChI is InChI=1S/C6H3ClF3N.C5H6N2/c7-4-2-1-3-11-5(4)6(8,9)10;1-5-6-3-2-4-7-5/h1-3H;2-4H,1H3. The van der Waals surface area contributed by atoms with Gasteiger partial charge in [-0.05, 0) is 25.1 Å². The molecule has 2 aromatic rings. The van der Waals surface area contributed by atoms with Gasteiger partial charge in [-0.25, -0.2) is 9.97 Å². The first-order valence-electron chi connectivity index (χ1n) is 4.82. The van der Waals surface area contributed by atoms with E-state index < -0.39 is 11.9 Å². The molecule has 2 heterocycles. The van der Waals surface area contributed by atoms with Gasteiger partial charge in [-0.1, -0.05) is 11.6 Å². The molecule has 0 aliphatic heterocycles. The van der Waals surface area contributed by atoms with Crippen molar-refractivity contribution in [2.45, 2.75) is 13.1 Å². The molecule has 0 saturated heterocycles. The number of aryl methyl sites for hydroxylation is 1. The lowest BCUT2D eigenvalue weighted by Gasteiger charge is -2.05. The van der Waals surface area contributed by atoms with E-state index in [4.69, 9.17) is 11.6 Å². The first-order valence-corrected chi connectivity index (χ1v) is 5.20. The number of nitrogens with zero attached hydrogens (tertiary/aromatic N) is 3. The maximum absolute atomic E-state index is 11.9. The lowest BCUT2D eigenvalue weighted by atomic mass is 10.3. The van der Waals surface area contributed by atoms with Gasteiger partial charge in [0.05, 0.1) is 5.02 Å². The van der Waals surface area contributed by atoms with Gasteiger partial charge in [0.2, 0.25) is 0 Å². The Morgan fingerprint density at radius 2 is 1.56 bits per heavy atom. The maximum atomic E-state index is 11.9. The van der Waals surface area contributed by atoms with E-state index >= 15 is 0 Å². The van der Waals surface area contributed by atoms with Gasteiger partial charge in [0.1, 0.15) is 5.82 Å². The number of pyridine rings is 1. The van der Waals surface area contributed by atoms with E-state index in [1.807, 2.05) is 6.92 Å².